The Kier molecular flexibility index (Phi) is 12.1. The molecule has 0 aromatic carbocycles. The predicted molar refractivity (Wildman–Crippen MR) is 78.1 cm³/mol. The van der Waals surface area contributed by atoms with Gasteiger partial charge in [-0.2, -0.15) is 8.42 Å². The van der Waals surface area contributed by atoms with Crippen molar-refractivity contribution in [1.82, 2.24) is 0 Å². The molecule has 0 heterocycles. The van der Waals surface area contributed by atoms with Gasteiger partial charge in [0.05, 0.1) is 6.26 Å². The van der Waals surface area contributed by atoms with Gasteiger partial charge < -0.3 is 14.6 Å². The topological polar surface area (TPSA) is 121 Å². The van der Waals surface area contributed by atoms with Crippen molar-refractivity contribution in [2.24, 2.45) is 5.41 Å². The van der Waals surface area contributed by atoms with Crippen molar-refractivity contribution in [1.29, 1.82) is 0 Å². The number of aliphatic carboxylic acids is 1. The van der Waals surface area contributed by atoms with Gasteiger partial charge >= 0.3 is 35.5 Å². The number of unbranched alkanes of at least 4 members (excludes halogenated alkanes) is 2. The van der Waals surface area contributed by atoms with Crippen molar-refractivity contribution >= 4 is 22.1 Å². The van der Waals surface area contributed by atoms with E-state index in [1.54, 1.807) is 13.8 Å². The molecule has 9 heteroatoms. The molecular formula is C14H23NaO7S. The van der Waals surface area contributed by atoms with Crippen LogP contribution in [0.3, 0.4) is 0 Å². The molecule has 0 spiro atoms. The van der Waals surface area contributed by atoms with Crippen molar-refractivity contribution in [3.63, 3.8) is 0 Å². The fourth-order valence-electron chi connectivity index (χ4n) is 2.46. The Labute approximate surface area is 159 Å². The molecule has 0 amide bonds. The molecule has 0 aliphatic carbocycles. The SMILES string of the molecule is C=COC(=O)C(C(CCCC)(CCCC)C(=O)[O-])S(=O)(=O)O.[Na+]. The van der Waals surface area contributed by atoms with E-state index in [0.29, 0.717) is 31.9 Å². The molecule has 128 valence electrons. The average molecular weight is 358 g/mol. The van der Waals surface area contributed by atoms with Crippen LogP contribution in [0.2, 0.25) is 0 Å². The van der Waals surface area contributed by atoms with E-state index in [1.165, 1.54) is 0 Å². The molecule has 0 radical (unpaired) electrons. The van der Waals surface area contributed by atoms with Gasteiger partial charge in [0.25, 0.3) is 10.1 Å². The van der Waals surface area contributed by atoms with Crippen LogP contribution >= 0.6 is 0 Å². The van der Waals surface area contributed by atoms with Gasteiger partial charge in [0, 0.05) is 11.4 Å². The molecule has 1 N–H and O–H groups in total. The average Bonchev–Trinajstić information content (AvgIpc) is 2.40. The number of esters is 1. The fourth-order valence-corrected chi connectivity index (χ4v) is 3.66. The predicted octanol–water partition coefficient (Wildman–Crippen LogP) is -1.95. The first-order valence-electron chi connectivity index (χ1n) is 7.16. The number of hydrogen-bond donors (Lipinski definition) is 1. The first-order valence-corrected chi connectivity index (χ1v) is 8.66. The molecular weight excluding hydrogens is 335 g/mol. The summed E-state index contributed by atoms with van der Waals surface area (Å²) in [5.74, 6) is -3.05. The zero-order valence-electron chi connectivity index (χ0n) is 13.9. The fraction of sp³-hybridized carbons (Fsp3) is 0.714. The second kappa shape index (κ2) is 11.2. The number of carbonyl (C=O) groups is 2. The summed E-state index contributed by atoms with van der Waals surface area (Å²) < 4.78 is 37.2. The van der Waals surface area contributed by atoms with E-state index in [4.69, 9.17) is 0 Å². The molecule has 1 atom stereocenters. The maximum Gasteiger partial charge on any atom is 1.00 e. The van der Waals surface area contributed by atoms with Gasteiger partial charge in [-0.15, -0.1) is 0 Å². The van der Waals surface area contributed by atoms with Gasteiger partial charge in [-0.25, -0.2) is 0 Å². The van der Waals surface area contributed by atoms with Crippen LogP contribution in [0.1, 0.15) is 52.4 Å². The maximum atomic E-state index is 11.9. The summed E-state index contributed by atoms with van der Waals surface area (Å²) in [6.07, 6.45) is 2.40. The standard InChI is InChI=1S/C14H24O7S.Na/c1-4-7-9-14(13(16)17,10-8-5-2)11(22(18,19)20)12(15)21-6-3;/h6,11H,3-5,7-10H2,1-2H3,(H,16,17)(H,18,19,20);/q;+1/p-1. The van der Waals surface area contributed by atoms with E-state index in [0.717, 1.165) is 0 Å². The molecule has 0 aliphatic heterocycles. The Bertz CT molecular complexity index is 493. The number of ether oxygens (including phenoxy) is 1. The van der Waals surface area contributed by atoms with Crippen LogP contribution in [0.5, 0.6) is 0 Å². The largest absolute Gasteiger partial charge is 1.00 e. The van der Waals surface area contributed by atoms with Crippen LogP contribution in [-0.4, -0.2) is 30.2 Å². The first kappa shape index (κ1) is 24.8. The zero-order chi connectivity index (χ0) is 17.4. The smallest absolute Gasteiger partial charge is 0.549 e. The minimum Gasteiger partial charge on any atom is -0.549 e. The Balaban J connectivity index is 0. The monoisotopic (exact) mass is 358 g/mol. The Morgan fingerprint density at radius 1 is 1.26 bits per heavy atom. The van der Waals surface area contributed by atoms with E-state index < -0.39 is 32.7 Å². The molecule has 0 rings (SSSR count). The van der Waals surface area contributed by atoms with Crippen LogP contribution in [0.15, 0.2) is 12.8 Å². The van der Waals surface area contributed by atoms with E-state index in [-0.39, 0.29) is 42.4 Å². The van der Waals surface area contributed by atoms with Crippen molar-refractivity contribution in [3.05, 3.63) is 12.8 Å². The molecule has 0 aliphatic rings. The number of hydrogen-bond acceptors (Lipinski definition) is 6. The van der Waals surface area contributed by atoms with Gasteiger partial charge in [0.2, 0.25) is 0 Å². The summed E-state index contributed by atoms with van der Waals surface area (Å²) in [7, 11) is -4.99. The van der Waals surface area contributed by atoms with Crippen molar-refractivity contribution in [3.8, 4) is 0 Å². The van der Waals surface area contributed by atoms with Crippen molar-refractivity contribution in [2.45, 2.75) is 57.6 Å². The number of carboxylic acid groups (broad SMARTS) is 1. The van der Waals surface area contributed by atoms with E-state index >= 15 is 0 Å². The molecule has 0 fully saturated rings. The summed E-state index contributed by atoms with van der Waals surface area (Å²) in [6, 6.07) is 0. The molecule has 0 saturated heterocycles. The maximum absolute atomic E-state index is 11.9. The molecule has 0 aromatic rings. The molecule has 0 aromatic heterocycles. The molecule has 7 nitrogen and oxygen atoms in total. The van der Waals surface area contributed by atoms with Crippen molar-refractivity contribution < 1.29 is 62.0 Å². The van der Waals surface area contributed by atoms with E-state index in [9.17, 15) is 27.7 Å². The van der Waals surface area contributed by atoms with Gasteiger partial charge in [0.15, 0.2) is 5.25 Å². The minimum absolute atomic E-state index is 0. The third kappa shape index (κ3) is 6.93. The van der Waals surface area contributed by atoms with Crippen LogP contribution in [0.25, 0.3) is 0 Å². The Morgan fingerprint density at radius 2 is 1.70 bits per heavy atom. The van der Waals surface area contributed by atoms with Gasteiger partial charge in [-0.3, -0.25) is 9.35 Å². The Morgan fingerprint density at radius 3 is 1.96 bits per heavy atom. The first-order chi connectivity index (χ1) is 10.2. The summed E-state index contributed by atoms with van der Waals surface area (Å²) in [6.45, 7) is 6.73. The molecule has 0 saturated carbocycles. The van der Waals surface area contributed by atoms with Crippen LogP contribution < -0.4 is 34.7 Å². The van der Waals surface area contributed by atoms with Crippen LogP contribution in [0.4, 0.5) is 0 Å². The van der Waals surface area contributed by atoms with Crippen molar-refractivity contribution in [2.75, 3.05) is 0 Å². The zero-order valence-corrected chi connectivity index (χ0v) is 16.7. The quantitative estimate of drug-likeness (QED) is 0.197. The van der Waals surface area contributed by atoms with Crippen LogP contribution in [0, 0.1) is 5.41 Å². The third-order valence-corrected chi connectivity index (χ3v) is 4.81. The summed E-state index contributed by atoms with van der Waals surface area (Å²) >= 11 is 0. The summed E-state index contributed by atoms with van der Waals surface area (Å²) in [4.78, 5) is 23.7. The minimum atomic E-state index is -4.99. The molecule has 0 bridgehead atoms. The molecule has 23 heavy (non-hydrogen) atoms. The van der Waals surface area contributed by atoms with Crippen LogP contribution in [-0.2, 0) is 24.4 Å². The number of carboxylic acids is 1. The van der Waals surface area contributed by atoms with E-state index in [2.05, 4.69) is 11.3 Å². The second-order valence-corrected chi connectivity index (χ2v) is 6.65. The second-order valence-electron chi connectivity index (χ2n) is 5.15. The summed E-state index contributed by atoms with van der Waals surface area (Å²) in [5, 5.41) is 9.47. The van der Waals surface area contributed by atoms with Gasteiger partial charge in [-0.05, 0) is 12.8 Å². The number of rotatable bonds is 11. The summed E-state index contributed by atoms with van der Waals surface area (Å²) in [5.41, 5.74) is -2.03. The normalized spacial score (nSPS) is 12.8. The van der Waals surface area contributed by atoms with Gasteiger partial charge in [-0.1, -0.05) is 46.1 Å². The molecule has 1 unspecified atom stereocenters. The third-order valence-electron chi connectivity index (χ3n) is 3.57. The van der Waals surface area contributed by atoms with E-state index in [1.807, 2.05) is 0 Å². The number of carbonyl (C=O) groups excluding carboxylic acids is 2. The Hall–Kier alpha value is -0.410. The van der Waals surface area contributed by atoms with Gasteiger partial charge in [0.1, 0.15) is 0 Å².